The number of aryl methyl sites for hydroxylation is 1. The molecule has 3 nitrogen and oxygen atoms in total. The maximum Gasteiger partial charge on any atom is 0.105 e. The van der Waals surface area contributed by atoms with Crippen molar-refractivity contribution >= 4 is 0 Å². The largest absolute Gasteiger partial charge is 0.335 e. The molecule has 72 valence electrons. The first kappa shape index (κ1) is 8.75. The molecule has 0 bridgehead atoms. The molecule has 1 aliphatic rings. The smallest absolute Gasteiger partial charge is 0.105 e. The summed E-state index contributed by atoms with van der Waals surface area (Å²) in [6, 6.07) is 0. The van der Waals surface area contributed by atoms with Crippen LogP contribution in [0.4, 0.5) is 0 Å². The van der Waals surface area contributed by atoms with Gasteiger partial charge >= 0.3 is 0 Å². The molecule has 3 heteroatoms. The van der Waals surface area contributed by atoms with E-state index in [1.165, 1.54) is 25.9 Å². The first-order valence-electron chi connectivity index (χ1n) is 5.05. The van der Waals surface area contributed by atoms with Crippen molar-refractivity contribution in [3.63, 3.8) is 0 Å². The van der Waals surface area contributed by atoms with Gasteiger partial charge in [-0.2, -0.15) is 0 Å². The lowest BCUT2D eigenvalue weighted by Gasteiger charge is -2.23. The molecule has 0 aromatic carbocycles. The van der Waals surface area contributed by atoms with E-state index in [0.717, 1.165) is 18.3 Å². The molecule has 1 N–H and O–H groups in total. The minimum absolute atomic E-state index is 0.842. The van der Waals surface area contributed by atoms with Gasteiger partial charge in [0.25, 0.3) is 0 Å². The average Bonchev–Trinajstić information content (AvgIpc) is 2.54. The van der Waals surface area contributed by atoms with Crippen LogP contribution in [0.1, 0.15) is 18.7 Å². The lowest BCUT2D eigenvalue weighted by atomic mass is 9.98. The van der Waals surface area contributed by atoms with Gasteiger partial charge in [0.1, 0.15) is 5.82 Å². The van der Waals surface area contributed by atoms with Gasteiger partial charge in [0, 0.05) is 18.9 Å². The summed E-state index contributed by atoms with van der Waals surface area (Å²) in [5, 5.41) is 3.38. The van der Waals surface area contributed by atoms with Gasteiger partial charge in [-0.3, -0.25) is 0 Å². The minimum Gasteiger partial charge on any atom is -0.335 e. The van der Waals surface area contributed by atoms with E-state index in [2.05, 4.69) is 28.0 Å². The van der Waals surface area contributed by atoms with E-state index in [-0.39, 0.29) is 0 Å². The summed E-state index contributed by atoms with van der Waals surface area (Å²) in [7, 11) is 0. The number of hydrogen-bond acceptors (Lipinski definition) is 2. The first-order valence-corrected chi connectivity index (χ1v) is 5.05. The fourth-order valence-electron chi connectivity index (χ4n) is 1.94. The second-order valence-electron chi connectivity index (χ2n) is 3.82. The van der Waals surface area contributed by atoms with Crippen molar-refractivity contribution < 1.29 is 0 Å². The molecule has 0 aliphatic carbocycles. The van der Waals surface area contributed by atoms with E-state index in [0.29, 0.717) is 0 Å². The first-order chi connectivity index (χ1) is 6.36. The molecule has 0 radical (unpaired) electrons. The van der Waals surface area contributed by atoms with Crippen molar-refractivity contribution in [1.82, 2.24) is 14.9 Å². The van der Waals surface area contributed by atoms with Crippen LogP contribution in [0.2, 0.25) is 0 Å². The summed E-state index contributed by atoms with van der Waals surface area (Å²) >= 11 is 0. The third-order valence-corrected chi connectivity index (χ3v) is 2.84. The van der Waals surface area contributed by atoms with E-state index in [1.54, 1.807) is 0 Å². The van der Waals surface area contributed by atoms with Crippen LogP contribution in [0.5, 0.6) is 0 Å². The molecule has 1 saturated heterocycles. The van der Waals surface area contributed by atoms with Crippen molar-refractivity contribution in [2.75, 3.05) is 13.1 Å². The highest BCUT2D eigenvalue weighted by Crippen LogP contribution is 2.14. The molecular weight excluding hydrogens is 162 g/mol. The van der Waals surface area contributed by atoms with Crippen LogP contribution in [0, 0.1) is 12.8 Å². The Morgan fingerprint density at radius 3 is 2.92 bits per heavy atom. The molecule has 0 amide bonds. The van der Waals surface area contributed by atoms with Crippen LogP contribution < -0.4 is 5.32 Å². The van der Waals surface area contributed by atoms with Gasteiger partial charge < -0.3 is 9.88 Å². The number of rotatable bonds is 2. The van der Waals surface area contributed by atoms with Crippen molar-refractivity contribution in [2.45, 2.75) is 26.3 Å². The summed E-state index contributed by atoms with van der Waals surface area (Å²) < 4.78 is 2.26. The Bertz CT molecular complexity index is 261. The van der Waals surface area contributed by atoms with Crippen molar-refractivity contribution in [1.29, 1.82) is 0 Å². The Morgan fingerprint density at radius 1 is 1.54 bits per heavy atom. The minimum atomic E-state index is 0.842. The van der Waals surface area contributed by atoms with Gasteiger partial charge in [0.15, 0.2) is 0 Å². The molecule has 2 heterocycles. The summed E-state index contributed by atoms with van der Waals surface area (Å²) in [4.78, 5) is 4.23. The van der Waals surface area contributed by atoms with Gasteiger partial charge in [-0.1, -0.05) is 0 Å². The van der Waals surface area contributed by atoms with Gasteiger partial charge in [-0.05, 0) is 38.8 Å². The van der Waals surface area contributed by atoms with Crippen LogP contribution >= 0.6 is 0 Å². The van der Waals surface area contributed by atoms with Crippen LogP contribution in [0.25, 0.3) is 0 Å². The highest BCUT2D eigenvalue weighted by atomic mass is 15.1. The van der Waals surface area contributed by atoms with E-state index in [1.807, 2.05) is 6.20 Å². The third-order valence-electron chi connectivity index (χ3n) is 2.84. The van der Waals surface area contributed by atoms with Crippen molar-refractivity contribution in [2.24, 2.45) is 5.92 Å². The lowest BCUT2D eigenvalue weighted by molar-refractivity contribution is 0.331. The Hall–Kier alpha value is -0.830. The Labute approximate surface area is 79.2 Å². The number of imidazole rings is 1. The molecule has 0 unspecified atom stereocenters. The van der Waals surface area contributed by atoms with Gasteiger partial charge in [-0.25, -0.2) is 4.98 Å². The average molecular weight is 179 g/mol. The number of piperidine rings is 1. The topological polar surface area (TPSA) is 29.9 Å². The number of aromatic nitrogens is 2. The zero-order chi connectivity index (χ0) is 9.10. The highest BCUT2D eigenvalue weighted by molar-refractivity contribution is 4.89. The molecule has 0 atom stereocenters. The standard InChI is InChI=1S/C10H17N3/c1-9-12-6-7-13(9)8-10-2-4-11-5-3-10/h6-7,10-11H,2-5,8H2,1H3. The van der Waals surface area contributed by atoms with Crippen LogP contribution in [0.15, 0.2) is 12.4 Å². The second kappa shape index (κ2) is 3.92. The molecular formula is C10H17N3. The number of nitrogens with zero attached hydrogens (tertiary/aromatic N) is 2. The monoisotopic (exact) mass is 179 g/mol. The van der Waals surface area contributed by atoms with Gasteiger partial charge in [0.2, 0.25) is 0 Å². The summed E-state index contributed by atoms with van der Waals surface area (Å²) in [6.07, 6.45) is 6.57. The summed E-state index contributed by atoms with van der Waals surface area (Å²) in [6.45, 7) is 5.57. The van der Waals surface area contributed by atoms with Crippen molar-refractivity contribution in [3.8, 4) is 0 Å². The van der Waals surface area contributed by atoms with Crippen molar-refractivity contribution in [3.05, 3.63) is 18.2 Å². The molecule has 1 aromatic heterocycles. The van der Waals surface area contributed by atoms with E-state index in [9.17, 15) is 0 Å². The van der Waals surface area contributed by atoms with Crippen LogP contribution in [-0.4, -0.2) is 22.6 Å². The predicted molar refractivity (Wildman–Crippen MR) is 52.6 cm³/mol. The zero-order valence-electron chi connectivity index (χ0n) is 8.16. The van der Waals surface area contributed by atoms with Crippen LogP contribution in [0.3, 0.4) is 0 Å². The lowest BCUT2D eigenvalue weighted by Crippen LogP contribution is -2.29. The maximum absolute atomic E-state index is 4.23. The molecule has 1 aromatic rings. The number of hydrogen-bond donors (Lipinski definition) is 1. The third kappa shape index (κ3) is 2.10. The molecule has 0 saturated carbocycles. The summed E-state index contributed by atoms with van der Waals surface area (Å²) in [5.41, 5.74) is 0. The quantitative estimate of drug-likeness (QED) is 0.739. The van der Waals surface area contributed by atoms with Gasteiger partial charge in [-0.15, -0.1) is 0 Å². The molecule has 1 fully saturated rings. The fraction of sp³-hybridized carbons (Fsp3) is 0.700. The Kier molecular flexibility index (Phi) is 2.64. The maximum atomic E-state index is 4.23. The van der Waals surface area contributed by atoms with Crippen LogP contribution in [-0.2, 0) is 6.54 Å². The molecule has 1 aliphatic heterocycles. The highest BCUT2D eigenvalue weighted by Gasteiger charge is 2.13. The Morgan fingerprint density at radius 2 is 2.31 bits per heavy atom. The zero-order valence-corrected chi connectivity index (χ0v) is 8.16. The van der Waals surface area contributed by atoms with Gasteiger partial charge in [0.05, 0.1) is 0 Å². The molecule has 0 spiro atoms. The normalized spacial score (nSPS) is 19.2. The Balaban J connectivity index is 1.93. The fourth-order valence-corrected chi connectivity index (χ4v) is 1.94. The van der Waals surface area contributed by atoms with E-state index >= 15 is 0 Å². The second-order valence-corrected chi connectivity index (χ2v) is 3.82. The van der Waals surface area contributed by atoms with E-state index in [4.69, 9.17) is 0 Å². The molecule has 13 heavy (non-hydrogen) atoms. The van der Waals surface area contributed by atoms with E-state index < -0.39 is 0 Å². The predicted octanol–water partition coefficient (Wildman–Crippen LogP) is 1.19. The molecule has 2 rings (SSSR count). The number of nitrogens with one attached hydrogen (secondary N) is 1. The SMILES string of the molecule is Cc1nccn1CC1CCNCC1. The summed E-state index contributed by atoms with van der Waals surface area (Å²) in [5.74, 6) is 1.98.